The molecule has 3 aliphatic rings. The summed E-state index contributed by atoms with van der Waals surface area (Å²) < 4.78 is 144. The van der Waals surface area contributed by atoms with Crippen molar-refractivity contribution >= 4 is 76.0 Å². The van der Waals surface area contributed by atoms with Gasteiger partial charge < -0.3 is 70.7 Å². The monoisotopic (exact) mass is 1760 g/mol. The summed E-state index contributed by atoms with van der Waals surface area (Å²) in [5, 5.41) is 13.5. The van der Waals surface area contributed by atoms with Crippen LogP contribution in [0.2, 0.25) is 5.15 Å². The molecule has 0 bridgehead atoms. The van der Waals surface area contributed by atoms with E-state index in [0.717, 1.165) is 92.4 Å². The number of nitrogens with two attached hydrogens (primary N) is 1. The van der Waals surface area contributed by atoms with Gasteiger partial charge in [0.05, 0.1) is 57.8 Å². The molecule has 126 heavy (non-hydrogen) atoms. The number of rotatable bonds is 14. The Morgan fingerprint density at radius 1 is 0.444 bits per heavy atom. The van der Waals surface area contributed by atoms with Crippen LogP contribution >= 0.6 is 11.6 Å². The Balaban J connectivity index is 0.000000202. The molecule has 3 saturated heterocycles. The molecule has 9 heterocycles. The van der Waals surface area contributed by atoms with Gasteiger partial charge in [-0.1, -0.05) is 47.6 Å². The number of terminal acetylenes is 1. The van der Waals surface area contributed by atoms with E-state index in [4.69, 9.17) is 57.4 Å². The van der Waals surface area contributed by atoms with Gasteiger partial charge in [-0.2, -0.15) is 39.5 Å². The fourth-order valence-electron chi connectivity index (χ4n) is 12.2. The highest BCUT2D eigenvalue weighted by Gasteiger charge is 2.36. The van der Waals surface area contributed by atoms with Gasteiger partial charge in [-0.3, -0.25) is 29.3 Å². The minimum absolute atomic E-state index is 0.138. The SMILES string of the molecule is C#C[C@@H](C)NC(=O)OC(C)(C)C.Cc1ccc(NC(=O)c2ccnc(C(F)(F)F)c2)cc1-c1cc(C#C[C@@H](C)N)nc(N2CCOCC2)c1.Cc1ccc(NC(=O)c2ccnc(C(F)(F)F)c2)cc1-c1cc(C#C[C@@H](C)NC(=O)OC(C)(C)C)nc(N2CCOCC2)c1.Cc1ccc(NC(=O)c2ccnc(C(F)(F)F)c2)cc1-c1cc(Cl)nc(N2CCOCC2)c1. The van der Waals surface area contributed by atoms with Gasteiger partial charge in [-0.25, -0.2) is 24.5 Å². The Labute approximate surface area is 728 Å². The van der Waals surface area contributed by atoms with E-state index in [1.807, 2.05) is 69.3 Å². The van der Waals surface area contributed by atoms with Crippen LogP contribution in [-0.4, -0.2) is 168 Å². The van der Waals surface area contributed by atoms with Crippen LogP contribution in [-0.2, 0) is 42.2 Å². The molecular formula is C91H95ClF9N15O10. The van der Waals surface area contributed by atoms with Gasteiger partial charge in [-0.15, -0.1) is 6.42 Å². The summed E-state index contributed by atoms with van der Waals surface area (Å²) in [6.45, 7) is 29.3. The van der Waals surface area contributed by atoms with E-state index in [1.165, 1.54) is 18.2 Å². The van der Waals surface area contributed by atoms with Crippen molar-refractivity contribution in [1.82, 2.24) is 40.5 Å². The Bertz CT molecular complexity index is 5560. The summed E-state index contributed by atoms with van der Waals surface area (Å²) >= 11 is 6.29. The minimum Gasteiger partial charge on any atom is -0.444 e. The van der Waals surface area contributed by atoms with Crippen molar-refractivity contribution in [2.45, 2.75) is 131 Å². The molecule has 0 radical (unpaired) electrons. The van der Waals surface area contributed by atoms with Crippen LogP contribution in [0, 0.1) is 56.8 Å². The fraction of sp³-hybridized carbons (Fsp3) is 0.352. The maximum atomic E-state index is 13.1. The predicted molar refractivity (Wildman–Crippen MR) is 463 cm³/mol. The van der Waals surface area contributed by atoms with Crippen LogP contribution < -0.4 is 47.0 Å². The summed E-state index contributed by atoms with van der Waals surface area (Å²) in [7, 11) is 0. The molecular weight excluding hydrogens is 1670 g/mol. The molecule has 6 aromatic heterocycles. The van der Waals surface area contributed by atoms with Gasteiger partial charge >= 0.3 is 30.7 Å². The molecule has 664 valence electrons. The number of hydrogen-bond donors (Lipinski definition) is 6. The lowest BCUT2D eigenvalue weighted by atomic mass is 9.99. The lowest BCUT2D eigenvalue weighted by molar-refractivity contribution is -0.142. The van der Waals surface area contributed by atoms with E-state index in [-0.39, 0.29) is 28.8 Å². The van der Waals surface area contributed by atoms with Crippen LogP contribution in [0.3, 0.4) is 0 Å². The number of carbonyl (C=O) groups is 5. The molecule has 3 atom stereocenters. The summed E-state index contributed by atoms with van der Waals surface area (Å²) in [6, 6.07) is 31.7. The second kappa shape index (κ2) is 43.1. The Morgan fingerprint density at radius 3 is 1.06 bits per heavy atom. The van der Waals surface area contributed by atoms with Gasteiger partial charge in [-0.05, 0) is 254 Å². The molecule has 0 unspecified atom stereocenters. The molecule has 12 rings (SSSR count). The molecule has 0 saturated carbocycles. The molecule has 7 N–H and O–H groups in total. The number of alkyl carbamates (subject to hydrolysis) is 2. The van der Waals surface area contributed by atoms with Crippen molar-refractivity contribution in [3.63, 3.8) is 0 Å². The number of hydrogen-bond acceptors (Lipinski definition) is 20. The third-order valence-electron chi connectivity index (χ3n) is 18.3. The van der Waals surface area contributed by atoms with Crippen molar-refractivity contribution in [3.8, 4) is 69.4 Å². The van der Waals surface area contributed by atoms with Crippen LogP contribution in [0.15, 0.2) is 146 Å². The van der Waals surface area contributed by atoms with E-state index in [1.54, 1.807) is 105 Å². The number of benzene rings is 3. The second-order valence-electron chi connectivity index (χ2n) is 31.0. The quantitative estimate of drug-likeness (QED) is 0.0335. The highest BCUT2D eigenvalue weighted by atomic mass is 35.5. The number of nitrogens with zero attached hydrogens (tertiary/aromatic N) is 9. The maximum absolute atomic E-state index is 13.1. The summed E-state index contributed by atoms with van der Waals surface area (Å²) in [6.07, 6.45) is -7.06. The number of nitrogens with one attached hydrogen (secondary N) is 5. The number of anilines is 6. The number of pyridine rings is 6. The molecule has 25 nitrogen and oxygen atoms in total. The molecule has 5 amide bonds. The van der Waals surface area contributed by atoms with Gasteiger partial charge in [0.2, 0.25) is 0 Å². The van der Waals surface area contributed by atoms with Gasteiger partial charge in [0, 0.05) is 91.6 Å². The summed E-state index contributed by atoms with van der Waals surface area (Å²) in [4.78, 5) is 91.4. The number of halogens is 10. The van der Waals surface area contributed by atoms with Gasteiger partial charge in [0.1, 0.15) is 62.3 Å². The van der Waals surface area contributed by atoms with E-state index in [2.05, 4.69) is 90.8 Å². The molecule has 35 heteroatoms. The van der Waals surface area contributed by atoms with E-state index < -0.39 is 82.8 Å². The molecule has 0 spiro atoms. The van der Waals surface area contributed by atoms with Gasteiger partial charge in [0.25, 0.3) is 17.7 Å². The van der Waals surface area contributed by atoms with Crippen LogP contribution in [0.1, 0.15) is 139 Å². The zero-order chi connectivity index (χ0) is 92.0. The normalized spacial score (nSPS) is 14.2. The standard InChI is InChI=1S/C32H34F3N5O4.C27H26F3N5O2.C23H20ClF3N4O2.C9H15NO2/c1-20-6-8-25(39-29(41)22-10-11-36-27(17-22)32(33,34)35)19-26(20)23-16-24(38-28(18-23)40-12-14-43-15-13-40)9-7-21(2)37-30(42)44-31(3,4)5;1-17-3-5-22(34-26(36)19-7-8-32-24(14-19)27(28,29)30)16-23(17)20-13-21(6-4-18(2)31)33-25(15-20)35-9-11-37-12-10-35;1-14-2-3-17(29-22(32)15-4-5-28-19(10-15)23(25,26)27)13-18(14)16-11-20(24)30-21(12-16)31-6-8-33-9-7-31;1-6-7(2)10-8(11)12-9(3,4)5/h6,8,10-11,16-19,21H,12-15H2,1-5H3,(H,37,42)(H,39,41);3,5,7-8,13-16,18H,9-12,31H2,1-2H3,(H,34,36);2-5,10-13H,6-9H2,1H3,(H,29,32);1,7H,2-5H3,(H,10,11)/t21-;18-;;7-/m11.1/s1. The zero-order valence-corrected chi connectivity index (χ0v) is 71.9. The first-order valence-corrected chi connectivity index (χ1v) is 40.0. The van der Waals surface area contributed by atoms with E-state index in [0.29, 0.717) is 124 Å². The zero-order valence-electron chi connectivity index (χ0n) is 71.1. The Kier molecular flexibility index (Phi) is 33.2. The smallest absolute Gasteiger partial charge is 0.433 e. The maximum Gasteiger partial charge on any atom is 0.433 e. The average molecular weight is 1770 g/mol. The summed E-state index contributed by atoms with van der Waals surface area (Å²) in [5.41, 5.74) is 10.7. The lowest BCUT2D eigenvalue weighted by Crippen LogP contribution is -2.37. The summed E-state index contributed by atoms with van der Waals surface area (Å²) in [5.74, 6) is 14.5. The first-order valence-electron chi connectivity index (χ1n) is 39.6. The van der Waals surface area contributed by atoms with Crippen LogP contribution in [0.5, 0.6) is 0 Å². The number of carbonyl (C=O) groups excluding carboxylic acids is 5. The van der Waals surface area contributed by atoms with Crippen molar-refractivity contribution in [2.24, 2.45) is 5.73 Å². The largest absolute Gasteiger partial charge is 0.444 e. The van der Waals surface area contributed by atoms with Crippen molar-refractivity contribution in [2.75, 3.05) is 110 Å². The van der Waals surface area contributed by atoms with Gasteiger partial charge in [0.15, 0.2) is 0 Å². The minimum atomic E-state index is -4.67. The van der Waals surface area contributed by atoms with E-state index in [9.17, 15) is 63.5 Å². The molecule has 3 aliphatic heterocycles. The number of alkyl halides is 9. The number of amides is 5. The lowest BCUT2D eigenvalue weighted by Gasteiger charge is -2.28. The topological polar surface area (TPSA) is 305 Å². The predicted octanol–water partition coefficient (Wildman–Crippen LogP) is 16.8. The Hall–Kier alpha value is -12.9. The van der Waals surface area contributed by atoms with Crippen LogP contribution in [0.25, 0.3) is 33.4 Å². The number of aromatic nitrogens is 6. The van der Waals surface area contributed by atoms with E-state index >= 15 is 0 Å². The number of aryl methyl sites for hydroxylation is 3. The van der Waals surface area contributed by atoms with Crippen molar-refractivity contribution in [1.29, 1.82) is 0 Å². The Morgan fingerprint density at radius 2 is 0.754 bits per heavy atom. The first kappa shape index (κ1) is 96.9. The molecule has 0 aliphatic carbocycles. The highest BCUT2D eigenvalue weighted by molar-refractivity contribution is 6.29. The molecule has 9 aromatic rings. The fourth-order valence-corrected chi connectivity index (χ4v) is 12.4. The third kappa shape index (κ3) is 29.9. The van der Waals surface area contributed by atoms with Crippen molar-refractivity contribution in [3.05, 3.63) is 213 Å². The highest BCUT2D eigenvalue weighted by Crippen LogP contribution is 2.37. The third-order valence-corrected chi connectivity index (χ3v) is 18.5. The molecule has 3 aromatic carbocycles. The molecule has 3 fully saturated rings. The number of morpholine rings is 3. The average Bonchev–Trinajstić information content (AvgIpc) is 0.929. The number of ether oxygens (including phenoxy) is 5. The first-order chi connectivity index (χ1) is 59.3. The van der Waals surface area contributed by atoms with Crippen LogP contribution in [0.4, 0.5) is 83.6 Å². The second-order valence-corrected chi connectivity index (χ2v) is 31.4. The van der Waals surface area contributed by atoms with Crippen molar-refractivity contribution < 1.29 is 87.2 Å².